The Morgan fingerprint density at radius 3 is 2.95 bits per heavy atom. The fourth-order valence-corrected chi connectivity index (χ4v) is 2.58. The van der Waals surface area contributed by atoms with Crippen LogP contribution in [-0.2, 0) is 0 Å². The minimum absolute atomic E-state index is 0.133. The lowest BCUT2D eigenvalue weighted by Crippen LogP contribution is -2.49. The highest BCUT2D eigenvalue weighted by molar-refractivity contribution is 5.77. The molecule has 1 atom stereocenters. The van der Waals surface area contributed by atoms with Crippen LogP contribution in [0.25, 0.3) is 0 Å². The van der Waals surface area contributed by atoms with Crippen molar-refractivity contribution in [3.8, 4) is 11.8 Å². The van der Waals surface area contributed by atoms with Gasteiger partial charge in [0, 0.05) is 31.7 Å². The van der Waals surface area contributed by atoms with Crippen LogP contribution in [-0.4, -0.2) is 54.6 Å². The first-order chi connectivity index (χ1) is 9.34. The summed E-state index contributed by atoms with van der Waals surface area (Å²) in [6.45, 7) is 3.91. The summed E-state index contributed by atoms with van der Waals surface area (Å²) < 4.78 is 0. The molecule has 0 bridgehead atoms. The molecule has 0 radical (unpaired) electrons. The molecule has 2 aliphatic rings. The van der Waals surface area contributed by atoms with Crippen LogP contribution in [0.4, 0.5) is 4.79 Å². The Balaban J connectivity index is 1.62. The van der Waals surface area contributed by atoms with Crippen LogP contribution in [0, 0.1) is 11.8 Å². The molecule has 2 fully saturated rings. The third kappa shape index (κ3) is 2.56. The number of rotatable bonds is 1. The van der Waals surface area contributed by atoms with E-state index in [0.717, 1.165) is 31.7 Å². The molecule has 2 saturated heterocycles. The summed E-state index contributed by atoms with van der Waals surface area (Å²) in [5, 5.41) is 3.32. The fraction of sp³-hybridized carbons (Fsp3) is 0.400. The molecule has 2 aliphatic heterocycles. The Bertz CT molecular complexity index is 517. The van der Waals surface area contributed by atoms with Crippen molar-refractivity contribution in [3.63, 3.8) is 0 Å². The standard InChI is InChI=1S/C15H17N3O/c19-15-17(12-14-11-16-8-10-18(14)15)9-4-7-13-5-2-1-3-6-13/h1-3,5-6,14,16H,8-12H2/t14-/m0/s1. The average Bonchev–Trinajstić information content (AvgIpc) is 2.78. The molecule has 3 rings (SSSR count). The highest BCUT2D eigenvalue weighted by Gasteiger charge is 2.37. The summed E-state index contributed by atoms with van der Waals surface area (Å²) in [4.78, 5) is 15.9. The maximum absolute atomic E-state index is 12.1. The molecule has 4 nitrogen and oxygen atoms in total. The van der Waals surface area contributed by atoms with E-state index in [-0.39, 0.29) is 6.03 Å². The Kier molecular flexibility index (Phi) is 3.39. The summed E-state index contributed by atoms with van der Waals surface area (Å²) in [7, 11) is 0. The zero-order valence-corrected chi connectivity index (χ0v) is 10.8. The number of hydrogen-bond acceptors (Lipinski definition) is 2. The Labute approximate surface area is 113 Å². The van der Waals surface area contributed by atoms with Gasteiger partial charge in [-0.25, -0.2) is 4.79 Å². The molecular weight excluding hydrogens is 238 g/mol. The van der Waals surface area contributed by atoms with Crippen LogP contribution in [0.15, 0.2) is 30.3 Å². The minimum Gasteiger partial charge on any atom is -0.317 e. The van der Waals surface area contributed by atoms with Gasteiger partial charge in [0.1, 0.15) is 0 Å². The lowest BCUT2D eigenvalue weighted by molar-refractivity contribution is 0.181. The molecule has 1 aromatic carbocycles. The molecule has 4 heteroatoms. The maximum atomic E-state index is 12.1. The normalized spacial score (nSPS) is 21.9. The topological polar surface area (TPSA) is 35.6 Å². The molecule has 19 heavy (non-hydrogen) atoms. The van der Waals surface area contributed by atoms with Crippen molar-refractivity contribution in [2.75, 3.05) is 32.7 Å². The van der Waals surface area contributed by atoms with E-state index in [2.05, 4.69) is 17.2 Å². The second-order valence-corrected chi connectivity index (χ2v) is 4.88. The quantitative estimate of drug-likeness (QED) is 0.752. The monoisotopic (exact) mass is 255 g/mol. The Hall–Kier alpha value is -1.99. The van der Waals surface area contributed by atoms with Gasteiger partial charge in [0.25, 0.3) is 0 Å². The zero-order valence-electron chi connectivity index (χ0n) is 10.8. The number of carbonyl (C=O) groups excluding carboxylic acids is 1. The molecule has 0 aromatic heterocycles. The fourth-order valence-electron chi connectivity index (χ4n) is 2.58. The van der Waals surface area contributed by atoms with Crippen molar-refractivity contribution >= 4 is 6.03 Å². The van der Waals surface area contributed by atoms with E-state index in [9.17, 15) is 4.79 Å². The highest BCUT2D eigenvalue weighted by Crippen LogP contribution is 2.16. The number of amides is 2. The second-order valence-electron chi connectivity index (χ2n) is 4.88. The zero-order chi connectivity index (χ0) is 13.1. The number of nitrogens with zero attached hydrogens (tertiary/aromatic N) is 2. The van der Waals surface area contributed by atoms with Gasteiger partial charge < -0.3 is 15.1 Å². The van der Waals surface area contributed by atoms with Crippen molar-refractivity contribution in [2.24, 2.45) is 0 Å². The predicted molar refractivity (Wildman–Crippen MR) is 73.7 cm³/mol. The molecule has 2 heterocycles. The van der Waals surface area contributed by atoms with Gasteiger partial charge in [0.05, 0.1) is 12.6 Å². The van der Waals surface area contributed by atoms with Crippen molar-refractivity contribution in [1.82, 2.24) is 15.1 Å². The van der Waals surface area contributed by atoms with Crippen LogP contribution in [0.5, 0.6) is 0 Å². The highest BCUT2D eigenvalue weighted by atomic mass is 16.2. The van der Waals surface area contributed by atoms with Crippen LogP contribution in [0.2, 0.25) is 0 Å². The lowest BCUT2D eigenvalue weighted by atomic mass is 10.2. The lowest BCUT2D eigenvalue weighted by Gasteiger charge is -2.28. The SMILES string of the molecule is O=C1N(CC#Cc2ccccc2)C[C@@H]2CNCCN12. The number of benzene rings is 1. The van der Waals surface area contributed by atoms with Gasteiger partial charge in [-0.05, 0) is 12.1 Å². The summed E-state index contributed by atoms with van der Waals surface area (Å²) >= 11 is 0. The minimum atomic E-state index is 0.133. The summed E-state index contributed by atoms with van der Waals surface area (Å²) in [6, 6.07) is 10.3. The summed E-state index contributed by atoms with van der Waals surface area (Å²) in [5.74, 6) is 6.19. The molecule has 1 N–H and O–H groups in total. The van der Waals surface area contributed by atoms with E-state index in [1.54, 1.807) is 0 Å². The van der Waals surface area contributed by atoms with Crippen LogP contribution >= 0.6 is 0 Å². The molecule has 1 aromatic rings. The molecule has 0 aliphatic carbocycles. The number of carbonyl (C=O) groups is 1. The van der Waals surface area contributed by atoms with Crippen molar-refractivity contribution < 1.29 is 4.79 Å². The average molecular weight is 255 g/mol. The molecule has 2 amide bonds. The maximum Gasteiger partial charge on any atom is 0.321 e. The first kappa shape index (κ1) is 12.1. The van der Waals surface area contributed by atoms with Gasteiger partial charge in [0.15, 0.2) is 0 Å². The van der Waals surface area contributed by atoms with Crippen LogP contribution in [0.1, 0.15) is 5.56 Å². The number of fused-ring (bicyclic) bond motifs is 1. The van der Waals surface area contributed by atoms with Gasteiger partial charge in [-0.15, -0.1) is 0 Å². The van der Waals surface area contributed by atoms with E-state index in [1.165, 1.54) is 0 Å². The van der Waals surface area contributed by atoms with Gasteiger partial charge in [-0.1, -0.05) is 30.0 Å². The number of nitrogens with one attached hydrogen (secondary N) is 1. The number of hydrogen-bond donors (Lipinski definition) is 1. The third-order valence-electron chi connectivity index (χ3n) is 3.57. The van der Waals surface area contributed by atoms with Gasteiger partial charge in [-0.3, -0.25) is 0 Å². The molecule has 0 unspecified atom stereocenters. The van der Waals surface area contributed by atoms with Crippen LogP contribution < -0.4 is 5.32 Å². The van der Waals surface area contributed by atoms with E-state index in [0.29, 0.717) is 12.6 Å². The smallest absolute Gasteiger partial charge is 0.317 e. The first-order valence-corrected chi connectivity index (χ1v) is 6.65. The Morgan fingerprint density at radius 1 is 1.32 bits per heavy atom. The van der Waals surface area contributed by atoms with E-state index < -0.39 is 0 Å². The van der Waals surface area contributed by atoms with Crippen molar-refractivity contribution in [1.29, 1.82) is 0 Å². The second kappa shape index (κ2) is 5.33. The summed E-state index contributed by atoms with van der Waals surface area (Å²) in [5.41, 5.74) is 0.994. The van der Waals surface area contributed by atoms with E-state index in [4.69, 9.17) is 0 Å². The van der Waals surface area contributed by atoms with Crippen molar-refractivity contribution in [2.45, 2.75) is 6.04 Å². The number of urea groups is 1. The summed E-state index contributed by atoms with van der Waals surface area (Å²) in [6.07, 6.45) is 0. The molecule has 98 valence electrons. The Morgan fingerprint density at radius 2 is 2.16 bits per heavy atom. The van der Waals surface area contributed by atoms with E-state index in [1.807, 2.05) is 40.1 Å². The molecule has 0 spiro atoms. The molecular formula is C15H17N3O. The van der Waals surface area contributed by atoms with Crippen molar-refractivity contribution in [3.05, 3.63) is 35.9 Å². The van der Waals surface area contributed by atoms with Gasteiger partial charge in [0.2, 0.25) is 0 Å². The van der Waals surface area contributed by atoms with Gasteiger partial charge >= 0.3 is 6.03 Å². The predicted octanol–water partition coefficient (Wildman–Crippen LogP) is 0.748. The van der Waals surface area contributed by atoms with Crippen LogP contribution in [0.3, 0.4) is 0 Å². The number of piperazine rings is 1. The third-order valence-corrected chi connectivity index (χ3v) is 3.57. The largest absolute Gasteiger partial charge is 0.321 e. The first-order valence-electron chi connectivity index (χ1n) is 6.65. The molecule has 0 saturated carbocycles. The van der Waals surface area contributed by atoms with E-state index >= 15 is 0 Å². The van der Waals surface area contributed by atoms with Gasteiger partial charge in [-0.2, -0.15) is 0 Å².